The van der Waals surface area contributed by atoms with Crippen molar-refractivity contribution in [1.82, 2.24) is 0 Å². The third-order valence-corrected chi connectivity index (χ3v) is 9.63. The molecule has 0 radical (unpaired) electrons. The molecule has 0 bridgehead atoms. The maximum absolute atomic E-state index is 11.2. The average molecular weight is 610 g/mol. The highest BCUT2D eigenvalue weighted by Gasteiger charge is 2.19. The van der Waals surface area contributed by atoms with Crippen LogP contribution < -0.4 is 0 Å². The lowest BCUT2D eigenvalue weighted by atomic mass is 10.0. The van der Waals surface area contributed by atoms with Crippen molar-refractivity contribution in [3.63, 3.8) is 0 Å². The predicted octanol–water partition coefficient (Wildman–Crippen LogP) is 11.2. The Bertz CT molecular complexity index is 793. The van der Waals surface area contributed by atoms with Crippen molar-refractivity contribution in [2.24, 2.45) is 0 Å². The van der Waals surface area contributed by atoms with E-state index in [0.29, 0.717) is 12.0 Å². The van der Waals surface area contributed by atoms with Gasteiger partial charge in [-0.25, -0.2) is 8.42 Å². The lowest BCUT2D eigenvalue weighted by molar-refractivity contribution is -0.910. The minimum absolute atomic E-state index is 0.0501. The lowest BCUT2D eigenvalue weighted by Crippen LogP contribution is -2.46. The predicted molar refractivity (Wildman–Crippen MR) is 183 cm³/mol. The van der Waals surface area contributed by atoms with Crippen LogP contribution in [0.15, 0.2) is 29.2 Å². The van der Waals surface area contributed by atoms with Crippen molar-refractivity contribution < 1.29 is 17.5 Å². The number of hydrogen-bond donors (Lipinski definition) is 0. The van der Waals surface area contributed by atoms with E-state index in [4.69, 9.17) is 0 Å². The quantitative estimate of drug-likeness (QED) is 0.0566. The van der Waals surface area contributed by atoms with Crippen molar-refractivity contribution in [2.75, 3.05) is 26.7 Å². The molecule has 0 N–H and O–H groups in total. The van der Waals surface area contributed by atoms with Gasteiger partial charge in [0.1, 0.15) is 10.1 Å². The summed E-state index contributed by atoms with van der Waals surface area (Å²) in [4.78, 5) is -0.0501. The summed E-state index contributed by atoms with van der Waals surface area (Å²) in [5.41, 5.74) is 0.664. The molecule has 42 heavy (non-hydrogen) atoms. The Morgan fingerprint density at radius 1 is 0.524 bits per heavy atom. The second-order valence-electron chi connectivity index (χ2n) is 13.0. The highest BCUT2D eigenvalue weighted by atomic mass is 32.2. The van der Waals surface area contributed by atoms with E-state index < -0.39 is 10.1 Å². The smallest absolute Gasteiger partial charge is 0.124 e. The number of rotatable bonds is 27. The van der Waals surface area contributed by atoms with Gasteiger partial charge in [-0.2, -0.15) is 0 Å². The van der Waals surface area contributed by atoms with Crippen molar-refractivity contribution >= 4 is 10.1 Å². The monoisotopic (exact) mass is 610 g/mol. The van der Waals surface area contributed by atoms with Crippen LogP contribution in [0.25, 0.3) is 0 Å². The highest BCUT2D eigenvalue weighted by Crippen LogP contribution is 2.19. The summed E-state index contributed by atoms with van der Waals surface area (Å²) in [5, 5.41) is 0. The van der Waals surface area contributed by atoms with Gasteiger partial charge in [-0.05, 0) is 63.0 Å². The first-order chi connectivity index (χ1) is 20.2. The SMILES string of the molecule is CCCCCCCCCCCCc1ccccc1S(=O)(=O)[O-].CCCCCC[N+](C)(CCCCCC)CCCCCC. The molecule has 0 saturated heterocycles. The molecule has 0 aliphatic heterocycles. The Kier molecular flexibility index (Phi) is 27.0. The van der Waals surface area contributed by atoms with Gasteiger partial charge in [0, 0.05) is 0 Å². The summed E-state index contributed by atoms with van der Waals surface area (Å²) >= 11 is 0. The third-order valence-electron chi connectivity index (χ3n) is 8.70. The van der Waals surface area contributed by atoms with E-state index in [-0.39, 0.29) is 4.90 Å². The summed E-state index contributed by atoms with van der Waals surface area (Å²) in [5.74, 6) is 0. The van der Waals surface area contributed by atoms with E-state index in [9.17, 15) is 13.0 Å². The second kappa shape index (κ2) is 27.6. The molecule has 0 spiro atoms. The summed E-state index contributed by atoms with van der Waals surface area (Å²) < 4.78 is 34.9. The summed E-state index contributed by atoms with van der Waals surface area (Å²) in [6.07, 6.45) is 30.1. The van der Waals surface area contributed by atoms with Gasteiger partial charge < -0.3 is 9.04 Å². The largest absolute Gasteiger partial charge is 0.744 e. The van der Waals surface area contributed by atoms with Gasteiger partial charge in [-0.3, -0.25) is 0 Å². The normalized spacial score (nSPS) is 11.9. The molecule has 0 amide bonds. The summed E-state index contributed by atoms with van der Waals surface area (Å²) in [6.45, 7) is 13.4. The summed E-state index contributed by atoms with van der Waals surface area (Å²) in [6, 6.07) is 6.56. The molecule has 0 aliphatic rings. The zero-order chi connectivity index (χ0) is 31.4. The Morgan fingerprint density at radius 2 is 0.857 bits per heavy atom. The Hall–Kier alpha value is -0.910. The molecule has 0 aromatic heterocycles. The van der Waals surface area contributed by atoms with Gasteiger partial charge in [-0.15, -0.1) is 0 Å². The second-order valence-corrected chi connectivity index (χ2v) is 14.3. The zero-order valence-corrected chi connectivity index (χ0v) is 29.6. The Labute approximate surface area is 263 Å². The lowest BCUT2D eigenvalue weighted by Gasteiger charge is -2.35. The van der Waals surface area contributed by atoms with Gasteiger partial charge in [0.15, 0.2) is 0 Å². The first-order valence-electron chi connectivity index (χ1n) is 18.1. The van der Waals surface area contributed by atoms with Crippen LogP contribution in [-0.4, -0.2) is 44.1 Å². The molecule has 0 fully saturated rings. The van der Waals surface area contributed by atoms with Crippen molar-refractivity contribution in [2.45, 2.75) is 180 Å². The number of benzene rings is 1. The number of hydrogen-bond acceptors (Lipinski definition) is 3. The van der Waals surface area contributed by atoms with Crippen LogP contribution in [0, 0.1) is 0 Å². The van der Waals surface area contributed by atoms with Crippen LogP contribution in [0.2, 0.25) is 0 Å². The molecule has 248 valence electrons. The summed E-state index contributed by atoms with van der Waals surface area (Å²) in [7, 11) is -1.83. The van der Waals surface area contributed by atoms with Crippen molar-refractivity contribution in [1.29, 1.82) is 0 Å². The molecular formula is C37H71NO3S. The van der Waals surface area contributed by atoms with Crippen molar-refractivity contribution in [3.8, 4) is 0 Å². The minimum Gasteiger partial charge on any atom is -0.744 e. The van der Waals surface area contributed by atoms with E-state index in [1.54, 1.807) is 18.2 Å². The van der Waals surface area contributed by atoms with Crippen LogP contribution in [0.5, 0.6) is 0 Å². The third kappa shape index (κ3) is 23.5. The van der Waals surface area contributed by atoms with Gasteiger partial charge in [0.05, 0.1) is 31.6 Å². The van der Waals surface area contributed by atoms with Crippen LogP contribution in [0.4, 0.5) is 0 Å². The van der Waals surface area contributed by atoms with E-state index in [2.05, 4.69) is 34.7 Å². The first-order valence-corrected chi connectivity index (χ1v) is 19.5. The molecule has 0 atom stereocenters. The van der Waals surface area contributed by atoms with Gasteiger partial charge in [0.2, 0.25) is 0 Å². The van der Waals surface area contributed by atoms with Crippen LogP contribution in [0.3, 0.4) is 0 Å². The molecule has 1 aromatic rings. The molecule has 4 nitrogen and oxygen atoms in total. The number of aryl methyl sites for hydroxylation is 1. The molecule has 0 heterocycles. The number of quaternary nitrogens is 1. The Balaban J connectivity index is 0.000000805. The van der Waals surface area contributed by atoms with E-state index in [0.717, 1.165) is 12.8 Å². The standard InChI is InChI=1S/C19H42N.C18H30O3S/c1-5-8-11-14-17-20(4,18-15-12-9-6-2)19-16-13-10-7-3;1-2-3-4-5-6-7-8-9-10-11-14-17-15-12-13-16-18(17)22(19,20)21/h5-19H2,1-4H3;12-13,15-16H,2-11,14H2,1H3,(H,19,20,21)/q+1;/p-1. The van der Waals surface area contributed by atoms with Gasteiger partial charge in [0.25, 0.3) is 0 Å². The average Bonchev–Trinajstić information content (AvgIpc) is 2.97. The Morgan fingerprint density at radius 3 is 1.24 bits per heavy atom. The minimum atomic E-state index is -4.35. The first kappa shape index (κ1) is 41.1. The fourth-order valence-electron chi connectivity index (χ4n) is 5.85. The molecule has 0 unspecified atom stereocenters. The highest BCUT2D eigenvalue weighted by molar-refractivity contribution is 7.85. The number of nitrogens with zero attached hydrogens (tertiary/aromatic N) is 1. The molecule has 1 aromatic carbocycles. The molecule has 1 rings (SSSR count). The molecular weight excluding hydrogens is 538 g/mol. The molecule has 0 saturated carbocycles. The molecule has 0 aliphatic carbocycles. The maximum atomic E-state index is 11.2. The maximum Gasteiger partial charge on any atom is 0.124 e. The van der Waals surface area contributed by atoms with Crippen LogP contribution in [0.1, 0.15) is 175 Å². The fraction of sp³-hybridized carbons (Fsp3) is 0.838. The van der Waals surface area contributed by atoms with Crippen LogP contribution in [-0.2, 0) is 16.5 Å². The molecule has 5 heteroatoms. The van der Waals surface area contributed by atoms with Crippen LogP contribution >= 0.6 is 0 Å². The topological polar surface area (TPSA) is 57.2 Å². The van der Waals surface area contributed by atoms with Gasteiger partial charge >= 0.3 is 0 Å². The van der Waals surface area contributed by atoms with E-state index in [1.165, 1.54) is 159 Å². The zero-order valence-electron chi connectivity index (χ0n) is 28.8. The van der Waals surface area contributed by atoms with E-state index in [1.807, 2.05) is 0 Å². The van der Waals surface area contributed by atoms with Gasteiger partial charge in [-0.1, -0.05) is 142 Å². The van der Waals surface area contributed by atoms with E-state index >= 15 is 0 Å². The fourth-order valence-corrected chi connectivity index (χ4v) is 6.59. The number of unbranched alkanes of at least 4 members (excludes halogenated alkanes) is 18. The van der Waals surface area contributed by atoms with Crippen molar-refractivity contribution in [3.05, 3.63) is 29.8 Å².